The quantitative estimate of drug-likeness (QED) is 0.261. The summed E-state index contributed by atoms with van der Waals surface area (Å²) in [5.41, 5.74) is 5.81. The van der Waals surface area contributed by atoms with Crippen LogP contribution in [0.4, 0.5) is 0 Å². The van der Waals surface area contributed by atoms with E-state index in [1.54, 1.807) is 6.20 Å². The smallest absolute Gasteiger partial charge is 0.0972 e. The number of rotatable bonds is 2. The summed E-state index contributed by atoms with van der Waals surface area (Å²) in [7, 11) is 0. The highest BCUT2D eigenvalue weighted by atomic mass is 14.8. The highest BCUT2D eigenvalue weighted by molar-refractivity contribution is 6.14. The Kier molecular flexibility index (Phi) is 4.15. The van der Waals surface area contributed by atoms with Crippen molar-refractivity contribution in [2.75, 3.05) is 0 Å². The van der Waals surface area contributed by atoms with Crippen molar-refractivity contribution in [2.45, 2.75) is 0 Å². The largest absolute Gasteiger partial charge is 0.264 e. The van der Waals surface area contributed by atoms with Crippen LogP contribution >= 0.6 is 0 Å². The van der Waals surface area contributed by atoms with Gasteiger partial charge in [0.25, 0.3) is 0 Å². The van der Waals surface area contributed by atoms with Gasteiger partial charge in [0.2, 0.25) is 0 Å². The Bertz CT molecular complexity index is 1860. The van der Waals surface area contributed by atoms with Gasteiger partial charge in [-0.2, -0.15) is 0 Å². The van der Waals surface area contributed by atoms with Crippen molar-refractivity contribution in [1.29, 1.82) is 0 Å². The van der Waals surface area contributed by atoms with E-state index in [-0.39, 0.29) is 0 Å². The second kappa shape index (κ2) is 7.46. The molecule has 0 spiro atoms. The predicted molar refractivity (Wildman–Crippen MR) is 141 cm³/mol. The van der Waals surface area contributed by atoms with E-state index in [2.05, 4.69) is 89.9 Å². The molecule has 0 aliphatic heterocycles. The van der Waals surface area contributed by atoms with Crippen LogP contribution in [0.15, 0.2) is 116 Å². The van der Waals surface area contributed by atoms with Crippen LogP contribution in [0.5, 0.6) is 0 Å². The Balaban J connectivity index is 1.52. The topological polar surface area (TPSA) is 38.7 Å². The highest BCUT2D eigenvalue weighted by Crippen LogP contribution is 2.35. The lowest BCUT2D eigenvalue weighted by Crippen LogP contribution is -1.92. The molecule has 0 saturated heterocycles. The zero-order valence-corrected chi connectivity index (χ0v) is 18.3. The molecular weight excluding hydrogens is 414 g/mol. The van der Waals surface area contributed by atoms with Gasteiger partial charge in [-0.15, -0.1) is 0 Å². The summed E-state index contributed by atoms with van der Waals surface area (Å²) < 4.78 is 0. The number of hydrogen-bond donors (Lipinski definition) is 0. The zero-order chi connectivity index (χ0) is 22.5. The van der Waals surface area contributed by atoms with Gasteiger partial charge >= 0.3 is 0 Å². The molecule has 0 atom stereocenters. The molecule has 158 valence electrons. The first-order valence-corrected chi connectivity index (χ1v) is 11.4. The normalized spacial score (nSPS) is 11.5. The number of benzene rings is 4. The molecule has 7 aromatic rings. The third kappa shape index (κ3) is 2.95. The van der Waals surface area contributed by atoms with Crippen molar-refractivity contribution >= 4 is 43.4 Å². The van der Waals surface area contributed by atoms with Crippen LogP contribution in [-0.4, -0.2) is 15.0 Å². The zero-order valence-electron chi connectivity index (χ0n) is 18.3. The monoisotopic (exact) mass is 433 g/mol. The summed E-state index contributed by atoms with van der Waals surface area (Å²) in [5.74, 6) is 0. The van der Waals surface area contributed by atoms with Gasteiger partial charge < -0.3 is 0 Å². The fraction of sp³-hybridized carbons (Fsp3) is 0. The van der Waals surface area contributed by atoms with Gasteiger partial charge in [0.1, 0.15) is 0 Å². The van der Waals surface area contributed by atoms with Crippen molar-refractivity contribution < 1.29 is 0 Å². The summed E-state index contributed by atoms with van der Waals surface area (Å²) in [6, 6.07) is 36.0. The molecule has 0 saturated carbocycles. The van der Waals surface area contributed by atoms with Gasteiger partial charge in [-0.1, -0.05) is 72.8 Å². The number of aromatic nitrogens is 3. The molecule has 0 fully saturated rings. The standard InChI is InChI=1S/C31H19N3/c1-2-8-24-22(6-1)18-27(26-10-4-3-9-25(24)26)29-16-14-21-12-11-20-13-15-28(23-7-5-17-32-19-23)33-30(20)31(21)34-29/h1-19H. The van der Waals surface area contributed by atoms with E-state index in [9.17, 15) is 0 Å². The molecule has 0 bridgehead atoms. The molecule has 0 amide bonds. The average molecular weight is 434 g/mol. The summed E-state index contributed by atoms with van der Waals surface area (Å²) in [4.78, 5) is 14.5. The van der Waals surface area contributed by atoms with Gasteiger partial charge in [0.15, 0.2) is 0 Å². The van der Waals surface area contributed by atoms with Crippen molar-refractivity contribution in [1.82, 2.24) is 15.0 Å². The summed E-state index contributed by atoms with van der Waals surface area (Å²) in [6.45, 7) is 0. The summed E-state index contributed by atoms with van der Waals surface area (Å²) in [6.07, 6.45) is 3.63. The third-order valence-electron chi connectivity index (χ3n) is 6.52. The molecule has 0 unspecified atom stereocenters. The minimum Gasteiger partial charge on any atom is -0.264 e. The maximum Gasteiger partial charge on any atom is 0.0972 e. The Morgan fingerprint density at radius 1 is 0.471 bits per heavy atom. The predicted octanol–water partition coefficient (Wildman–Crippen LogP) is 7.82. The van der Waals surface area contributed by atoms with E-state index in [4.69, 9.17) is 9.97 Å². The lowest BCUT2D eigenvalue weighted by Gasteiger charge is -2.12. The Labute approximate surface area is 196 Å². The lowest BCUT2D eigenvalue weighted by atomic mass is 9.95. The molecule has 34 heavy (non-hydrogen) atoms. The molecule has 4 aromatic carbocycles. The van der Waals surface area contributed by atoms with E-state index in [1.165, 1.54) is 21.5 Å². The molecule has 3 heteroatoms. The van der Waals surface area contributed by atoms with Crippen molar-refractivity contribution in [3.05, 3.63) is 116 Å². The SMILES string of the molecule is c1cncc(-c2ccc3ccc4ccc(-c5cc6ccccc6c6ccccc56)nc4c3n2)c1. The van der Waals surface area contributed by atoms with Gasteiger partial charge in [-0.25, -0.2) is 9.97 Å². The summed E-state index contributed by atoms with van der Waals surface area (Å²) >= 11 is 0. The second-order valence-electron chi connectivity index (χ2n) is 8.53. The minimum atomic E-state index is 0.899. The van der Waals surface area contributed by atoms with Crippen molar-refractivity contribution in [3.63, 3.8) is 0 Å². The Hall–Kier alpha value is -4.63. The van der Waals surface area contributed by atoms with Crippen LogP contribution in [0.25, 0.3) is 65.9 Å². The Morgan fingerprint density at radius 2 is 1.12 bits per heavy atom. The van der Waals surface area contributed by atoms with Crippen LogP contribution in [0.1, 0.15) is 0 Å². The van der Waals surface area contributed by atoms with Crippen LogP contribution in [0.3, 0.4) is 0 Å². The van der Waals surface area contributed by atoms with E-state index in [0.717, 1.165) is 44.3 Å². The van der Waals surface area contributed by atoms with Crippen LogP contribution in [0, 0.1) is 0 Å². The molecule has 3 heterocycles. The molecule has 7 rings (SSSR count). The van der Waals surface area contributed by atoms with Gasteiger partial charge in [0, 0.05) is 34.3 Å². The van der Waals surface area contributed by atoms with Crippen LogP contribution < -0.4 is 0 Å². The highest BCUT2D eigenvalue weighted by Gasteiger charge is 2.12. The maximum atomic E-state index is 5.19. The Morgan fingerprint density at radius 3 is 1.88 bits per heavy atom. The van der Waals surface area contributed by atoms with E-state index in [0.29, 0.717) is 0 Å². The minimum absolute atomic E-state index is 0.899. The van der Waals surface area contributed by atoms with E-state index in [1.807, 2.05) is 24.4 Å². The first-order valence-electron chi connectivity index (χ1n) is 11.4. The number of pyridine rings is 3. The fourth-order valence-electron chi connectivity index (χ4n) is 4.86. The van der Waals surface area contributed by atoms with Gasteiger partial charge in [-0.3, -0.25) is 4.98 Å². The number of hydrogen-bond acceptors (Lipinski definition) is 3. The van der Waals surface area contributed by atoms with E-state index >= 15 is 0 Å². The first-order chi connectivity index (χ1) is 16.8. The van der Waals surface area contributed by atoms with Crippen molar-refractivity contribution in [3.8, 4) is 22.5 Å². The molecule has 3 aromatic heterocycles. The van der Waals surface area contributed by atoms with Gasteiger partial charge in [0.05, 0.1) is 22.4 Å². The van der Waals surface area contributed by atoms with E-state index < -0.39 is 0 Å². The summed E-state index contributed by atoms with van der Waals surface area (Å²) in [5, 5.41) is 7.08. The van der Waals surface area contributed by atoms with Crippen LogP contribution in [0.2, 0.25) is 0 Å². The first kappa shape index (κ1) is 18.9. The van der Waals surface area contributed by atoms with Crippen molar-refractivity contribution in [2.24, 2.45) is 0 Å². The second-order valence-corrected chi connectivity index (χ2v) is 8.53. The lowest BCUT2D eigenvalue weighted by molar-refractivity contribution is 1.30. The molecular formula is C31H19N3. The molecule has 0 aliphatic carbocycles. The van der Waals surface area contributed by atoms with Gasteiger partial charge in [-0.05, 0) is 51.9 Å². The molecule has 0 radical (unpaired) electrons. The third-order valence-corrected chi connectivity index (χ3v) is 6.52. The average Bonchev–Trinajstić information content (AvgIpc) is 2.92. The van der Waals surface area contributed by atoms with Crippen LogP contribution in [-0.2, 0) is 0 Å². The molecule has 0 aliphatic rings. The number of fused-ring (bicyclic) bond motifs is 6. The maximum absolute atomic E-state index is 5.19. The fourth-order valence-corrected chi connectivity index (χ4v) is 4.86. The molecule has 0 N–H and O–H groups in total. The molecule has 3 nitrogen and oxygen atoms in total. The number of nitrogens with zero attached hydrogens (tertiary/aromatic N) is 3.